The number of nitriles is 1. The predicted molar refractivity (Wildman–Crippen MR) is 72.2 cm³/mol. The van der Waals surface area contributed by atoms with Crippen molar-refractivity contribution in [3.8, 4) is 11.8 Å². The van der Waals surface area contributed by atoms with Crippen LogP contribution in [0.3, 0.4) is 0 Å². The second-order valence-electron chi connectivity index (χ2n) is 3.66. The summed E-state index contributed by atoms with van der Waals surface area (Å²) in [5.41, 5.74) is 2.08. The fourth-order valence-electron chi connectivity index (χ4n) is 1.37. The number of nitrogens with zero attached hydrogens (tertiary/aromatic N) is 2. The van der Waals surface area contributed by atoms with Gasteiger partial charge in [0.1, 0.15) is 22.4 Å². The van der Waals surface area contributed by atoms with E-state index in [1.165, 1.54) is 11.3 Å². The number of thiazole rings is 1. The zero-order valence-corrected chi connectivity index (χ0v) is 10.5. The second kappa shape index (κ2) is 5.34. The third-order valence-electron chi connectivity index (χ3n) is 2.20. The number of rotatable bonds is 3. The Hall–Kier alpha value is -2.32. The standard InChI is InChI=1S/C13H11N3OS/c1-9-8-18-13(16-9)10(6-14)7-15-11-3-2-4-12(17)5-11/h2-5,7-8,15,17H,1H3/b10-7+. The minimum Gasteiger partial charge on any atom is -0.508 e. The van der Waals surface area contributed by atoms with E-state index in [-0.39, 0.29) is 5.75 Å². The predicted octanol–water partition coefficient (Wildman–Crippen LogP) is 3.13. The Balaban J connectivity index is 2.19. The number of nitrogens with one attached hydrogen (secondary N) is 1. The van der Waals surface area contributed by atoms with Crippen molar-refractivity contribution in [2.24, 2.45) is 0 Å². The van der Waals surface area contributed by atoms with Crippen molar-refractivity contribution in [2.75, 3.05) is 5.32 Å². The molecule has 0 unspecified atom stereocenters. The molecule has 1 aromatic heterocycles. The molecule has 0 bridgehead atoms. The maximum atomic E-state index is 9.32. The SMILES string of the molecule is Cc1csc(/C(C#N)=C/Nc2cccc(O)c2)n1. The molecule has 0 saturated heterocycles. The number of anilines is 1. The molecule has 4 nitrogen and oxygen atoms in total. The second-order valence-corrected chi connectivity index (χ2v) is 4.52. The molecule has 1 heterocycles. The number of hydrogen-bond donors (Lipinski definition) is 2. The van der Waals surface area contributed by atoms with E-state index in [2.05, 4.69) is 16.4 Å². The number of benzene rings is 1. The molecule has 1 aromatic carbocycles. The Labute approximate surface area is 109 Å². The smallest absolute Gasteiger partial charge is 0.135 e. The molecule has 0 aliphatic rings. The van der Waals surface area contributed by atoms with Crippen molar-refractivity contribution < 1.29 is 5.11 Å². The largest absolute Gasteiger partial charge is 0.508 e. The monoisotopic (exact) mass is 257 g/mol. The Morgan fingerprint density at radius 3 is 3.00 bits per heavy atom. The van der Waals surface area contributed by atoms with Crippen LogP contribution in [-0.4, -0.2) is 10.1 Å². The summed E-state index contributed by atoms with van der Waals surface area (Å²) in [6, 6.07) is 8.80. The van der Waals surface area contributed by atoms with E-state index >= 15 is 0 Å². The van der Waals surface area contributed by atoms with Crippen molar-refractivity contribution in [2.45, 2.75) is 6.92 Å². The van der Waals surface area contributed by atoms with Gasteiger partial charge in [-0.2, -0.15) is 5.26 Å². The lowest BCUT2D eigenvalue weighted by Crippen LogP contribution is -1.90. The first-order valence-corrected chi connectivity index (χ1v) is 6.15. The maximum absolute atomic E-state index is 9.32. The molecule has 0 fully saturated rings. The van der Waals surface area contributed by atoms with Gasteiger partial charge in [-0.1, -0.05) is 6.07 Å². The molecule has 0 radical (unpaired) electrons. The van der Waals surface area contributed by atoms with Crippen molar-refractivity contribution in [1.29, 1.82) is 5.26 Å². The first-order valence-electron chi connectivity index (χ1n) is 5.27. The first-order chi connectivity index (χ1) is 8.69. The zero-order valence-electron chi connectivity index (χ0n) is 9.71. The van der Waals surface area contributed by atoms with E-state index in [0.29, 0.717) is 10.6 Å². The Kier molecular flexibility index (Phi) is 3.60. The molecule has 0 aliphatic heterocycles. The number of phenols is 1. The fraction of sp³-hybridized carbons (Fsp3) is 0.0769. The van der Waals surface area contributed by atoms with E-state index in [1.807, 2.05) is 12.3 Å². The summed E-state index contributed by atoms with van der Waals surface area (Å²) in [6.07, 6.45) is 1.59. The molecule has 90 valence electrons. The van der Waals surface area contributed by atoms with Crippen LogP contribution >= 0.6 is 11.3 Å². The molecule has 0 amide bonds. The molecule has 18 heavy (non-hydrogen) atoms. The Bertz CT molecular complexity index is 625. The van der Waals surface area contributed by atoms with Crippen LogP contribution in [0.5, 0.6) is 5.75 Å². The van der Waals surface area contributed by atoms with Gasteiger partial charge in [0.25, 0.3) is 0 Å². The molecule has 2 rings (SSSR count). The van der Waals surface area contributed by atoms with Crippen molar-refractivity contribution >= 4 is 22.6 Å². The van der Waals surface area contributed by atoms with Gasteiger partial charge in [0.05, 0.1) is 0 Å². The summed E-state index contributed by atoms with van der Waals surface area (Å²) < 4.78 is 0. The number of aromatic nitrogens is 1. The summed E-state index contributed by atoms with van der Waals surface area (Å²) in [5.74, 6) is 0.178. The van der Waals surface area contributed by atoms with Crippen LogP contribution in [0.4, 0.5) is 5.69 Å². The minimum atomic E-state index is 0.178. The molecule has 0 aliphatic carbocycles. The van der Waals surface area contributed by atoms with Gasteiger partial charge in [-0.05, 0) is 19.1 Å². The summed E-state index contributed by atoms with van der Waals surface area (Å²) in [6.45, 7) is 1.89. The average molecular weight is 257 g/mol. The van der Waals surface area contributed by atoms with Crippen LogP contribution < -0.4 is 5.32 Å². The van der Waals surface area contributed by atoms with Gasteiger partial charge in [0, 0.05) is 29.0 Å². The van der Waals surface area contributed by atoms with Gasteiger partial charge in [0.15, 0.2) is 0 Å². The molecule has 2 aromatic rings. The minimum absolute atomic E-state index is 0.178. The van der Waals surface area contributed by atoms with Gasteiger partial charge < -0.3 is 10.4 Å². The summed E-state index contributed by atoms with van der Waals surface area (Å²) >= 11 is 1.43. The normalized spacial score (nSPS) is 11.0. The van der Waals surface area contributed by atoms with E-state index in [9.17, 15) is 5.11 Å². The average Bonchev–Trinajstić information content (AvgIpc) is 2.77. The quantitative estimate of drug-likeness (QED) is 0.829. The molecular weight excluding hydrogens is 246 g/mol. The van der Waals surface area contributed by atoms with Crippen LogP contribution in [-0.2, 0) is 0 Å². The van der Waals surface area contributed by atoms with Crippen LogP contribution in [0, 0.1) is 18.3 Å². The molecule has 0 saturated carbocycles. The third kappa shape index (κ3) is 2.87. The van der Waals surface area contributed by atoms with Crippen LogP contribution in [0.2, 0.25) is 0 Å². The van der Waals surface area contributed by atoms with E-state index in [0.717, 1.165) is 11.4 Å². The molecule has 0 atom stereocenters. The highest BCUT2D eigenvalue weighted by Gasteiger charge is 2.04. The molecule has 2 N–H and O–H groups in total. The topological polar surface area (TPSA) is 68.9 Å². The third-order valence-corrected chi connectivity index (χ3v) is 3.19. The number of aromatic hydroxyl groups is 1. The van der Waals surface area contributed by atoms with E-state index < -0.39 is 0 Å². The first kappa shape index (κ1) is 12.1. The highest BCUT2D eigenvalue weighted by molar-refractivity contribution is 7.10. The highest BCUT2D eigenvalue weighted by Crippen LogP contribution is 2.20. The number of allylic oxidation sites excluding steroid dienone is 1. The highest BCUT2D eigenvalue weighted by atomic mass is 32.1. The maximum Gasteiger partial charge on any atom is 0.135 e. The van der Waals surface area contributed by atoms with Gasteiger partial charge in [0.2, 0.25) is 0 Å². The number of aryl methyl sites for hydroxylation is 1. The lowest BCUT2D eigenvalue weighted by molar-refractivity contribution is 0.475. The van der Waals surface area contributed by atoms with Crippen LogP contribution in [0.25, 0.3) is 5.57 Å². The molecular formula is C13H11N3OS. The van der Waals surface area contributed by atoms with Gasteiger partial charge in [-0.25, -0.2) is 4.98 Å². The lowest BCUT2D eigenvalue weighted by atomic mass is 10.3. The fourth-order valence-corrected chi connectivity index (χ4v) is 2.13. The lowest BCUT2D eigenvalue weighted by Gasteiger charge is -2.01. The van der Waals surface area contributed by atoms with Gasteiger partial charge in [-0.3, -0.25) is 0 Å². The summed E-state index contributed by atoms with van der Waals surface area (Å²) in [5, 5.41) is 23.9. The zero-order chi connectivity index (χ0) is 13.0. The van der Waals surface area contributed by atoms with Crippen LogP contribution in [0.15, 0.2) is 35.8 Å². The number of hydrogen-bond acceptors (Lipinski definition) is 5. The number of phenolic OH excluding ortho intramolecular Hbond substituents is 1. The van der Waals surface area contributed by atoms with E-state index in [1.54, 1.807) is 30.5 Å². The Morgan fingerprint density at radius 1 is 1.56 bits per heavy atom. The van der Waals surface area contributed by atoms with Crippen molar-refractivity contribution in [3.05, 3.63) is 46.5 Å². The van der Waals surface area contributed by atoms with Crippen molar-refractivity contribution in [1.82, 2.24) is 4.98 Å². The molecule has 0 spiro atoms. The summed E-state index contributed by atoms with van der Waals surface area (Å²) in [4.78, 5) is 4.25. The van der Waals surface area contributed by atoms with E-state index in [4.69, 9.17) is 5.26 Å². The Morgan fingerprint density at radius 2 is 2.39 bits per heavy atom. The van der Waals surface area contributed by atoms with Gasteiger partial charge >= 0.3 is 0 Å². The molecule has 5 heteroatoms. The van der Waals surface area contributed by atoms with Gasteiger partial charge in [-0.15, -0.1) is 11.3 Å². The van der Waals surface area contributed by atoms with Crippen LogP contribution in [0.1, 0.15) is 10.7 Å². The van der Waals surface area contributed by atoms with Crippen molar-refractivity contribution in [3.63, 3.8) is 0 Å². The summed E-state index contributed by atoms with van der Waals surface area (Å²) in [7, 11) is 0.